The summed E-state index contributed by atoms with van der Waals surface area (Å²) in [7, 11) is 0. The lowest BCUT2D eigenvalue weighted by atomic mass is 10.1. The number of rotatable bonds is 3. The van der Waals surface area contributed by atoms with Crippen molar-refractivity contribution in [2.75, 3.05) is 0 Å². The first kappa shape index (κ1) is 9.10. The molecule has 0 saturated heterocycles. The minimum Gasteiger partial charge on any atom is -0.242 e. The molecule has 0 fully saturated rings. The lowest BCUT2D eigenvalue weighted by Gasteiger charge is -2.06. The van der Waals surface area contributed by atoms with Crippen LogP contribution >= 0.6 is 0 Å². The molecule has 65 valence electrons. The summed E-state index contributed by atoms with van der Waals surface area (Å²) in [6.07, 6.45) is -4.92. The van der Waals surface area contributed by atoms with E-state index in [-0.39, 0.29) is 5.56 Å². The van der Waals surface area contributed by atoms with Gasteiger partial charge in [0.05, 0.1) is 0 Å². The smallest absolute Gasteiger partial charge is 0.241 e. The van der Waals surface area contributed by atoms with Crippen LogP contribution < -0.4 is 0 Å². The van der Waals surface area contributed by atoms with E-state index in [2.05, 4.69) is 6.07 Å². The molecule has 1 aromatic rings. The first-order valence-electron chi connectivity index (χ1n) is 3.58. The van der Waals surface area contributed by atoms with Gasteiger partial charge >= 0.3 is 0 Å². The zero-order chi connectivity index (χ0) is 8.97. The Kier molecular flexibility index (Phi) is 3.14. The maximum atomic E-state index is 12.9. The number of hydrogen-bond acceptors (Lipinski definition) is 0. The van der Waals surface area contributed by atoms with Gasteiger partial charge in [-0.05, 0) is 17.7 Å². The Morgan fingerprint density at radius 2 is 2.08 bits per heavy atom. The topological polar surface area (TPSA) is 0 Å². The monoisotopic (exact) mass is 173 g/mol. The van der Waals surface area contributed by atoms with Crippen molar-refractivity contribution in [1.82, 2.24) is 0 Å². The molecular weight excluding hydrogens is 165 g/mol. The predicted octanol–water partition coefficient (Wildman–Crippen LogP) is 3.15. The third kappa shape index (κ3) is 2.57. The molecule has 0 aliphatic heterocycles. The van der Waals surface area contributed by atoms with Crippen molar-refractivity contribution in [2.24, 2.45) is 0 Å². The maximum absolute atomic E-state index is 12.9. The summed E-state index contributed by atoms with van der Waals surface area (Å²) in [6.45, 7) is 0. The second kappa shape index (κ2) is 4.14. The lowest BCUT2D eigenvalue weighted by Crippen LogP contribution is -1.98. The third-order valence-corrected chi connectivity index (χ3v) is 1.48. The molecule has 12 heavy (non-hydrogen) atoms. The van der Waals surface area contributed by atoms with Crippen LogP contribution in [-0.2, 0) is 0 Å². The molecule has 1 aromatic carbocycles. The van der Waals surface area contributed by atoms with Crippen LogP contribution in [0.15, 0.2) is 24.3 Å². The fraction of sp³-hybridized carbons (Fsp3) is 0.333. The third-order valence-electron chi connectivity index (χ3n) is 1.48. The van der Waals surface area contributed by atoms with Crippen LogP contribution in [-0.4, -0.2) is 6.43 Å². The fourth-order valence-corrected chi connectivity index (χ4v) is 0.895. The molecule has 0 heterocycles. The SMILES string of the molecule is FC(F)CC(F)c1c[c]ccc1. The van der Waals surface area contributed by atoms with E-state index in [1.807, 2.05) is 0 Å². The standard InChI is InChI=1S/C9H8F3/c10-8(6-9(11)12)7-4-2-1-3-5-7/h1-2,4-5,8-9H,6H2. The molecule has 0 spiro atoms. The van der Waals surface area contributed by atoms with Crippen molar-refractivity contribution in [3.63, 3.8) is 0 Å². The van der Waals surface area contributed by atoms with E-state index in [1.54, 1.807) is 12.1 Å². The molecular formula is C9H8F3. The van der Waals surface area contributed by atoms with Gasteiger partial charge < -0.3 is 0 Å². The Bertz CT molecular complexity index is 220. The van der Waals surface area contributed by atoms with E-state index < -0.39 is 19.0 Å². The zero-order valence-corrected chi connectivity index (χ0v) is 6.31. The van der Waals surface area contributed by atoms with Gasteiger partial charge in [-0.25, -0.2) is 13.2 Å². The van der Waals surface area contributed by atoms with Crippen LogP contribution in [0.3, 0.4) is 0 Å². The molecule has 0 nitrogen and oxygen atoms in total. The van der Waals surface area contributed by atoms with Crippen molar-refractivity contribution in [3.8, 4) is 0 Å². The summed E-state index contributed by atoms with van der Waals surface area (Å²) >= 11 is 0. The van der Waals surface area contributed by atoms with Gasteiger partial charge in [0.15, 0.2) is 0 Å². The molecule has 0 aliphatic rings. The Morgan fingerprint density at radius 1 is 1.33 bits per heavy atom. The van der Waals surface area contributed by atoms with E-state index in [1.165, 1.54) is 12.1 Å². The van der Waals surface area contributed by atoms with Crippen molar-refractivity contribution >= 4 is 0 Å². The molecule has 1 unspecified atom stereocenters. The average molecular weight is 173 g/mol. The van der Waals surface area contributed by atoms with Crippen LogP contribution in [0.2, 0.25) is 0 Å². The summed E-state index contributed by atoms with van der Waals surface area (Å²) in [5, 5.41) is 0. The van der Waals surface area contributed by atoms with Crippen LogP contribution in [0.25, 0.3) is 0 Å². The number of hydrogen-bond donors (Lipinski definition) is 0. The van der Waals surface area contributed by atoms with Gasteiger partial charge in [-0.2, -0.15) is 0 Å². The molecule has 1 radical (unpaired) electrons. The fourth-order valence-electron chi connectivity index (χ4n) is 0.895. The van der Waals surface area contributed by atoms with E-state index in [0.29, 0.717) is 0 Å². The number of benzene rings is 1. The Labute approximate surface area is 69.0 Å². The predicted molar refractivity (Wildman–Crippen MR) is 39.7 cm³/mol. The highest BCUT2D eigenvalue weighted by molar-refractivity contribution is 5.16. The van der Waals surface area contributed by atoms with Crippen molar-refractivity contribution in [2.45, 2.75) is 19.0 Å². The van der Waals surface area contributed by atoms with Crippen LogP contribution in [0, 0.1) is 6.07 Å². The van der Waals surface area contributed by atoms with Gasteiger partial charge in [-0.3, -0.25) is 0 Å². The number of alkyl halides is 3. The molecule has 3 heteroatoms. The second-order valence-corrected chi connectivity index (χ2v) is 2.43. The summed E-state index contributed by atoms with van der Waals surface area (Å²) < 4.78 is 36.3. The molecule has 1 rings (SSSR count). The highest BCUT2D eigenvalue weighted by Crippen LogP contribution is 2.23. The summed E-state index contributed by atoms with van der Waals surface area (Å²) in [4.78, 5) is 0. The molecule has 0 aromatic heterocycles. The highest BCUT2D eigenvalue weighted by atomic mass is 19.3. The Hall–Kier alpha value is -0.990. The molecule has 0 aliphatic carbocycles. The van der Waals surface area contributed by atoms with Gasteiger partial charge in [0.25, 0.3) is 0 Å². The largest absolute Gasteiger partial charge is 0.242 e. The van der Waals surface area contributed by atoms with Gasteiger partial charge in [0, 0.05) is 6.42 Å². The van der Waals surface area contributed by atoms with Gasteiger partial charge in [-0.1, -0.05) is 18.2 Å². The average Bonchev–Trinajstić information content (AvgIpc) is 2.05. The van der Waals surface area contributed by atoms with Crippen LogP contribution in [0.5, 0.6) is 0 Å². The van der Waals surface area contributed by atoms with Gasteiger partial charge in [0.2, 0.25) is 6.43 Å². The van der Waals surface area contributed by atoms with Crippen molar-refractivity contribution in [1.29, 1.82) is 0 Å². The van der Waals surface area contributed by atoms with Gasteiger partial charge in [0.1, 0.15) is 6.17 Å². The Balaban J connectivity index is 2.59. The summed E-state index contributed by atoms with van der Waals surface area (Å²) in [5.41, 5.74) is 0.262. The molecule has 0 saturated carbocycles. The minimum atomic E-state index is -2.60. The second-order valence-electron chi connectivity index (χ2n) is 2.43. The summed E-state index contributed by atoms with van der Waals surface area (Å²) in [5.74, 6) is 0. The van der Waals surface area contributed by atoms with Crippen LogP contribution in [0.1, 0.15) is 18.2 Å². The molecule has 1 atom stereocenters. The molecule has 0 N–H and O–H groups in total. The van der Waals surface area contributed by atoms with Crippen molar-refractivity contribution in [3.05, 3.63) is 35.9 Å². The van der Waals surface area contributed by atoms with E-state index in [4.69, 9.17) is 0 Å². The van der Waals surface area contributed by atoms with E-state index >= 15 is 0 Å². The first-order chi connectivity index (χ1) is 5.70. The maximum Gasteiger partial charge on any atom is 0.241 e. The van der Waals surface area contributed by atoms with E-state index in [0.717, 1.165) is 0 Å². The Morgan fingerprint density at radius 3 is 2.58 bits per heavy atom. The van der Waals surface area contributed by atoms with E-state index in [9.17, 15) is 13.2 Å². The molecule has 0 bridgehead atoms. The highest BCUT2D eigenvalue weighted by Gasteiger charge is 2.15. The van der Waals surface area contributed by atoms with Gasteiger partial charge in [-0.15, -0.1) is 0 Å². The quantitative estimate of drug-likeness (QED) is 0.658. The molecule has 0 amide bonds. The number of halogens is 3. The first-order valence-corrected chi connectivity index (χ1v) is 3.58. The lowest BCUT2D eigenvalue weighted by molar-refractivity contribution is 0.100. The normalized spacial score (nSPS) is 13.3. The summed E-state index contributed by atoms with van der Waals surface area (Å²) in [6, 6.07) is 8.66. The van der Waals surface area contributed by atoms with Crippen LogP contribution in [0.4, 0.5) is 13.2 Å². The van der Waals surface area contributed by atoms with Crippen molar-refractivity contribution < 1.29 is 13.2 Å². The zero-order valence-electron chi connectivity index (χ0n) is 6.31. The minimum absolute atomic E-state index is 0.262.